The van der Waals surface area contributed by atoms with Gasteiger partial charge < -0.3 is 9.15 Å². The molecule has 0 aliphatic rings. The van der Waals surface area contributed by atoms with E-state index in [2.05, 4.69) is 10.5 Å². The SMILES string of the molecule is O=C(N/N=C\c1ccc(OCc2cccc(F)c2)cc1)c1cc2cc([N+](=O)[O-])ccc2o1. The summed E-state index contributed by atoms with van der Waals surface area (Å²) < 4.78 is 24.2. The number of benzene rings is 3. The lowest BCUT2D eigenvalue weighted by molar-refractivity contribution is -0.384. The van der Waals surface area contributed by atoms with Crippen LogP contribution in [0.3, 0.4) is 0 Å². The lowest BCUT2D eigenvalue weighted by Gasteiger charge is -2.06. The molecule has 0 aliphatic carbocycles. The van der Waals surface area contributed by atoms with Gasteiger partial charge in [-0.3, -0.25) is 14.9 Å². The molecule has 0 saturated heterocycles. The Balaban J connectivity index is 1.33. The highest BCUT2D eigenvalue weighted by Gasteiger charge is 2.14. The second-order valence-corrected chi connectivity index (χ2v) is 6.78. The Hall–Kier alpha value is -4.53. The average molecular weight is 433 g/mol. The number of hydrogen-bond donors (Lipinski definition) is 1. The molecule has 0 spiro atoms. The third-order valence-electron chi connectivity index (χ3n) is 4.49. The van der Waals surface area contributed by atoms with Gasteiger partial charge >= 0.3 is 5.91 Å². The van der Waals surface area contributed by atoms with Gasteiger partial charge in [0.1, 0.15) is 23.8 Å². The summed E-state index contributed by atoms with van der Waals surface area (Å²) in [6, 6.07) is 18.6. The first-order valence-corrected chi connectivity index (χ1v) is 9.47. The minimum atomic E-state index is -0.588. The molecule has 1 amide bonds. The average Bonchev–Trinajstić information content (AvgIpc) is 3.22. The topological polar surface area (TPSA) is 107 Å². The van der Waals surface area contributed by atoms with Crippen LogP contribution in [0.5, 0.6) is 5.75 Å². The predicted molar refractivity (Wildman–Crippen MR) is 115 cm³/mol. The van der Waals surface area contributed by atoms with Gasteiger partial charge in [-0.05, 0) is 59.7 Å². The predicted octanol–water partition coefficient (Wildman–Crippen LogP) is 4.82. The van der Waals surface area contributed by atoms with Crippen molar-refractivity contribution >= 4 is 28.8 Å². The summed E-state index contributed by atoms with van der Waals surface area (Å²) >= 11 is 0. The first-order chi connectivity index (χ1) is 15.5. The van der Waals surface area contributed by atoms with Crippen molar-refractivity contribution in [1.82, 2.24) is 5.43 Å². The zero-order chi connectivity index (χ0) is 22.5. The Morgan fingerprint density at radius 1 is 1.12 bits per heavy atom. The fourth-order valence-corrected chi connectivity index (χ4v) is 2.92. The number of non-ortho nitro benzene ring substituents is 1. The van der Waals surface area contributed by atoms with Gasteiger partial charge in [-0.1, -0.05) is 12.1 Å². The molecule has 0 unspecified atom stereocenters. The standard InChI is InChI=1S/C23H16FN3O5/c24-18-3-1-2-16(10-18)14-31-20-7-4-15(5-8-20)13-25-26-23(28)22-12-17-11-19(27(29)30)6-9-21(17)32-22/h1-13H,14H2,(H,26,28)/b25-13-. The Morgan fingerprint density at radius 3 is 2.69 bits per heavy atom. The molecule has 0 aliphatic heterocycles. The number of nitro groups is 1. The zero-order valence-electron chi connectivity index (χ0n) is 16.5. The van der Waals surface area contributed by atoms with Gasteiger partial charge in [0.25, 0.3) is 5.69 Å². The molecule has 8 nitrogen and oxygen atoms in total. The van der Waals surface area contributed by atoms with Crippen LogP contribution in [0.1, 0.15) is 21.7 Å². The molecule has 1 N–H and O–H groups in total. The first-order valence-electron chi connectivity index (χ1n) is 9.47. The van der Waals surface area contributed by atoms with E-state index in [1.807, 2.05) is 0 Å². The van der Waals surface area contributed by atoms with Crippen LogP contribution in [-0.4, -0.2) is 17.0 Å². The zero-order valence-corrected chi connectivity index (χ0v) is 16.5. The molecule has 3 aromatic carbocycles. The van der Waals surface area contributed by atoms with Crippen molar-refractivity contribution in [1.29, 1.82) is 0 Å². The van der Waals surface area contributed by atoms with Gasteiger partial charge in [0, 0.05) is 17.5 Å². The monoisotopic (exact) mass is 433 g/mol. The molecule has 4 rings (SSSR count). The summed E-state index contributed by atoms with van der Waals surface area (Å²) in [4.78, 5) is 22.6. The van der Waals surface area contributed by atoms with E-state index in [4.69, 9.17) is 9.15 Å². The van der Waals surface area contributed by atoms with Crippen LogP contribution < -0.4 is 10.2 Å². The van der Waals surface area contributed by atoms with Crippen LogP contribution in [0.15, 0.2) is 82.3 Å². The van der Waals surface area contributed by atoms with Gasteiger partial charge in [-0.2, -0.15) is 5.10 Å². The number of nitro benzene ring substituents is 1. The van der Waals surface area contributed by atoms with Crippen molar-refractivity contribution in [3.8, 4) is 5.75 Å². The highest BCUT2D eigenvalue weighted by atomic mass is 19.1. The lowest BCUT2D eigenvalue weighted by atomic mass is 10.2. The molecular weight excluding hydrogens is 417 g/mol. The maximum Gasteiger partial charge on any atom is 0.307 e. The number of carbonyl (C=O) groups excluding carboxylic acids is 1. The summed E-state index contributed by atoms with van der Waals surface area (Å²) in [5.41, 5.74) is 4.05. The molecule has 9 heteroatoms. The van der Waals surface area contributed by atoms with Crippen LogP contribution in [0.25, 0.3) is 11.0 Å². The Labute approximate surface area is 181 Å². The maximum atomic E-state index is 13.2. The van der Waals surface area contributed by atoms with Crippen LogP contribution in [-0.2, 0) is 6.61 Å². The number of carbonyl (C=O) groups is 1. The smallest absolute Gasteiger partial charge is 0.307 e. The molecule has 0 fully saturated rings. The quantitative estimate of drug-likeness (QED) is 0.255. The fraction of sp³-hybridized carbons (Fsp3) is 0.0435. The fourth-order valence-electron chi connectivity index (χ4n) is 2.92. The Morgan fingerprint density at radius 2 is 1.94 bits per heavy atom. The molecule has 1 aromatic heterocycles. The van der Waals surface area contributed by atoms with E-state index >= 15 is 0 Å². The number of hydrogen-bond acceptors (Lipinski definition) is 6. The van der Waals surface area contributed by atoms with E-state index < -0.39 is 10.8 Å². The van der Waals surface area contributed by atoms with Crippen molar-refractivity contribution < 1.29 is 23.3 Å². The summed E-state index contributed by atoms with van der Waals surface area (Å²) in [6.07, 6.45) is 1.45. The summed E-state index contributed by atoms with van der Waals surface area (Å²) in [5.74, 6) is -0.315. The minimum Gasteiger partial charge on any atom is -0.489 e. The minimum absolute atomic E-state index is 0.0151. The second kappa shape index (κ2) is 9.09. The number of amides is 1. The van der Waals surface area contributed by atoms with E-state index in [1.165, 1.54) is 42.6 Å². The molecule has 0 saturated carbocycles. The van der Waals surface area contributed by atoms with Gasteiger partial charge in [0.05, 0.1) is 11.1 Å². The molecule has 4 aromatic rings. The summed E-state index contributed by atoms with van der Waals surface area (Å²) in [6.45, 7) is 0.238. The number of furan rings is 1. The number of nitrogens with one attached hydrogen (secondary N) is 1. The van der Waals surface area contributed by atoms with Crippen LogP contribution in [0, 0.1) is 15.9 Å². The van der Waals surface area contributed by atoms with Crippen molar-refractivity contribution in [3.63, 3.8) is 0 Å². The van der Waals surface area contributed by atoms with Crippen molar-refractivity contribution in [3.05, 3.63) is 106 Å². The van der Waals surface area contributed by atoms with Gasteiger partial charge in [-0.15, -0.1) is 0 Å². The number of nitrogens with zero attached hydrogens (tertiary/aromatic N) is 2. The number of halogens is 1. The van der Waals surface area contributed by atoms with E-state index in [-0.39, 0.29) is 23.9 Å². The summed E-state index contributed by atoms with van der Waals surface area (Å²) in [7, 11) is 0. The first kappa shape index (κ1) is 20.7. The highest BCUT2D eigenvalue weighted by molar-refractivity contribution is 5.97. The molecular formula is C23H16FN3O5. The van der Waals surface area contributed by atoms with Crippen molar-refractivity contribution in [2.75, 3.05) is 0 Å². The normalized spacial score (nSPS) is 11.0. The molecule has 0 bridgehead atoms. The van der Waals surface area contributed by atoms with Crippen LogP contribution in [0.2, 0.25) is 0 Å². The lowest BCUT2D eigenvalue weighted by Crippen LogP contribution is -2.16. The van der Waals surface area contributed by atoms with Crippen LogP contribution in [0.4, 0.5) is 10.1 Å². The van der Waals surface area contributed by atoms with Crippen molar-refractivity contribution in [2.24, 2.45) is 5.10 Å². The molecule has 0 radical (unpaired) electrons. The number of ether oxygens (including phenoxy) is 1. The third-order valence-corrected chi connectivity index (χ3v) is 4.49. The van der Waals surface area contributed by atoms with E-state index in [0.717, 1.165) is 5.56 Å². The van der Waals surface area contributed by atoms with E-state index in [1.54, 1.807) is 36.4 Å². The second-order valence-electron chi connectivity index (χ2n) is 6.78. The largest absolute Gasteiger partial charge is 0.489 e. The number of rotatable bonds is 7. The maximum absolute atomic E-state index is 13.2. The summed E-state index contributed by atoms with van der Waals surface area (Å²) in [5, 5.41) is 15.2. The highest BCUT2D eigenvalue weighted by Crippen LogP contribution is 2.24. The molecule has 1 heterocycles. The Bertz CT molecular complexity index is 1310. The number of fused-ring (bicyclic) bond motifs is 1. The van der Waals surface area contributed by atoms with Gasteiger partial charge in [0.2, 0.25) is 0 Å². The molecule has 160 valence electrons. The van der Waals surface area contributed by atoms with E-state index in [9.17, 15) is 19.3 Å². The van der Waals surface area contributed by atoms with Gasteiger partial charge in [0.15, 0.2) is 5.76 Å². The molecule has 0 atom stereocenters. The van der Waals surface area contributed by atoms with Crippen molar-refractivity contribution in [2.45, 2.75) is 6.61 Å². The van der Waals surface area contributed by atoms with Gasteiger partial charge in [-0.25, -0.2) is 9.82 Å². The number of hydrazone groups is 1. The third kappa shape index (κ3) is 4.96. The van der Waals surface area contributed by atoms with Crippen LogP contribution >= 0.6 is 0 Å². The van der Waals surface area contributed by atoms with E-state index in [0.29, 0.717) is 22.3 Å². The molecule has 32 heavy (non-hydrogen) atoms. The Kier molecular flexibility index (Phi) is 5.89.